The Morgan fingerprint density at radius 2 is 1.68 bits per heavy atom. The molecular weight excluding hydrogens is 410 g/mol. The van der Waals surface area contributed by atoms with E-state index < -0.39 is 10.0 Å². The second kappa shape index (κ2) is 9.94. The molecule has 1 amide bonds. The van der Waals surface area contributed by atoms with Gasteiger partial charge < -0.3 is 4.90 Å². The predicted octanol–water partition coefficient (Wildman–Crippen LogP) is 3.26. The van der Waals surface area contributed by atoms with Crippen molar-refractivity contribution in [3.63, 3.8) is 0 Å². The molecule has 7 heteroatoms. The van der Waals surface area contributed by atoms with Crippen LogP contribution in [0.4, 0.5) is 0 Å². The van der Waals surface area contributed by atoms with E-state index in [0.29, 0.717) is 18.7 Å². The second-order valence-electron chi connectivity index (χ2n) is 8.54. The molecule has 0 atom stereocenters. The number of rotatable bonds is 6. The summed E-state index contributed by atoms with van der Waals surface area (Å²) in [6.45, 7) is 3.95. The first-order valence-corrected chi connectivity index (χ1v) is 12.7. The molecule has 6 nitrogen and oxygen atoms in total. The molecule has 0 spiro atoms. The van der Waals surface area contributed by atoms with E-state index in [1.54, 1.807) is 18.2 Å². The van der Waals surface area contributed by atoms with E-state index in [0.717, 1.165) is 51.7 Å². The topological polar surface area (TPSA) is 69.7 Å². The number of nitrogens with one attached hydrogen (secondary N) is 1. The van der Waals surface area contributed by atoms with Gasteiger partial charge in [0.15, 0.2) is 0 Å². The molecule has 1 aliphatic carbocycles. The molecule has 0 unspecified atom stereocenters. The van der Waals surface area contributed by atoms with Crippen LogP contribution in [0.15, 0.2) is 59.5 Å². The van der Waals surface area contributed by atoms with Gasteiger partial charge in [-0.05, 0) is 43.0 Å². The van der Waals surface area contributed by atoms with Gasteiger partial charge in [-0.2, -0.15) is 0 Å². The molecule has 0 radical (unpaired) electrons. The van der Waals surface area contributed by atoms with Gasteiger partial charge in [0.05, 0.1) is 4.90 Å². The van der Waals surface area contributed by atoms with Gasteiger partial charge in [-0.1, -0.05) is 49.2 Å². The highest BCUT2D eigenvalue weighted by Gasteiger charge is 2.25. The standard InChI is InChI=1S/C24H31N3O3S/c28-24(27-15-7-14-26(16-17-27)19-20-8-2-1-3-9-20)21-10-6-13-23(18-21)31(29,30)25-22-11-4-5-12-22/h1-3,6,8-10,13,18,22,25H,4-5,7,11-12,14-17,19H2. The third-order valence-electron chi connectivity index (χ3n) is 6.19. The van der Waals surface area contributed by atoms with Crippen molar-refractivity contribution in [2.75, 3.05) is 26.2 Å². The number of benzene rings is 2. The van der Waals surface area contributed by atoms with Gasteiger partial charge in [-0.3, -0.25) is 9.69 Å². The van der Waals surface area contributed by atoms with Crippen molar-refractivity contribution >= 4 is 15.9 Å². The third kappa shape index (κ3) is 5.73. The summed E-state index contributed by atoms with van der Waals surface area (Å²) in [5.74, 6) is -0.0977. The summed E-state index contributed by atoms with van der Waals surface area (Å²) in [7, 11) is -3.61. The van der Waals surface area contributed by atoms with Gasteiger partial charge >= 0.3 is 0 Å². The van der Waals surface area contributed by atoms with E-state index in [1.165, 1.54) is 11.6 Å². The van der Waals surface area contributed by atoms with Crippen molar-refractivity contribution in [3.8, 4) is 0 Å². The number of hydrogen-bond acceptors (Lipinski definition) is 4. The fraction of sp³-hybridized carbons (Fsp3) is 0.458. The Balaban J connectivity index is 1.40. The van der Waals surface area contributed by atoms with Crippen LogP contribution in [0, 0.1) is 0 Å². The number of sulfonamides is 1. The number of amides is 1. The first-order chi connectivity index (χ1) is 15.0. The van der Waals surface area contributed by atoms with Crippen LogP contribution in [0.3, 0.4) is 0 Å². The van der Waals surface area contributed by atoms with Crippen LogP contribution in [-0.2, 0) is 16.6 Å². The molecule has 1 N–H and O–H groups in total. The zero-order chi connectivity index (χ0) is 21.7. The van der Waals surface area contributed by atoms with Crippen LogP contribution in [0.2, 0.25) is 0 Å². The van der Waals surface area contributed by atoms with Crippen molar-refractivity contribution in [1.29, 1.82) is 0 Å². The number of hydrogen-bond donors (Lipinski definition) is 1. The fourth-order valence-corrected chi connectivity index (χ4v) is 5.83. The van der Waals surface area contributed by atoms with Crippen LogP contribution >= 0.6 is 0 Å². The average molecular weight is 442 g/mol. The average Bonchev–Trinajstić information content (AvgIpc) is 3.17. The quantitative estimate of drug-likeness (QED) is 0.747. The van der Waals surface area contributed by atoms with Gasteiger partial charge in [0.1, 0.15) is 0 Å². The Bertz CT molecular complexity index is 988. The van der Waals surface area contributed by atoms with Gasteiger partial charge in [-0.25, -0.2) is 13.1 Å². The lowest BCUT2D eigenvalue weighted by Gasteiger charge is -2.22. The maximum atomic E-state index is 13.1. The highest BCUT2D eigenvalue weighted by Crippen LogP contribution is 2.21. The Morgan fingerprint density at radius 1 is 0.903 bits per heavy atom. The molecule has 2 aliphatic rings. The molecule has 31 heavy (non-hydrogen) atoms. The molecule has 4 rings (SSSR count). The van der Waals surface area contributed by atoms with E-state index in [1.807, 2.05) is 23.1 Å². The highest BCUT2D eigenvalue weighted by molar-refractivity contribution is 7.89. The van der Waals surface area contributed by atoms with E-state index in [-0.39, 0.29) is 16.8 Å². The molecule has 0 bridgehead atoms. The first kappa shape index (κ1) is 22.0. The number of carbonyl (C=O) groups excluding carboxylic acids is 1. The molecule has 2 aromatic carbocycles. The lowest BCUT2D eigenvalue weighted by atomic mass is 10.2. The summed E-state index contributed by atoms with van der Waals surface area (Å²) in [6.07, 6.45) is 4.78. The van der Waals surface area contributed by atoms with Crippen LogP contribution in [0.25, 0.3) is 0 Å². The second-order valence-corrected chi connectivity index (χ2v) is 10.3. The molecule has 1 saturated heterocycles. The zero-order valence-corrected chi connectivity index (χ0v) is 18.7. The minimum Gasteiger partial charge on any atom is -0.337 e. The third-order valence-corrected chi connectivity index (χ3v) is 7.71. The maximum Gasteiger partial charge on any atom is 0.253 e. The number of carbonyl (C=O) groups is 1. The summed E-state index contributed by atoms with van der Waals surface area (Å²) in [6, 6.07) is 16.8. The molecule has 1 aliphatic heterocycles. The van der Waals surface area contributed by atoms with E-state index in [4.69, 9.17) is 0 Å². The van der Waals surface area contributed by atoms with Crippen molar-refractivity contribution in [2.45, 2.75) is 49.6 Å². The highest BCUT2D eigenvalue weighted by atomic mass is 32.2. The first-order valence-electron chi connectivity index (χ1n) is 11.2. The summed E-state index contributed by atoms with van der Waals surface area (Å²) in [4.78, 5) is 17.5. The normalized spacial score (nSPS) is 18.8. The van der Waals surface area contributed by atoms with Crippen LogP contribution < -0.4 is 4.72 Å². The largest absolute Gasteiger partial charge is 0.337 e. The molecule has 1 heterocycles. The van der Waals surface area contributed by atoms with Crippen molar-refractivity contribution in [3.05, 3.63) is 65.7 Å². The van der Waals surface area contributed by atoms with Gasteiger partial charge in [0.25, 0.3) is 5.91 Å². The van der Waals surface area contributed by atoms with E-state index in [9.17, 15) is 13.2 Å². The van der Waals surface area contributed by atoms with Gasteiger partial charge in [0.2, 0.25) is 10.0 Å². The molecule has 166 valence electrons. The summed E-state index contributed by atoms with van der Waals surface area (Å²) in [5.41, 5.74) is 1.71. The number of nitrogens with zero attached hydrogens (tertiary/aromatic N) is 2. The Hall–Kier alpha value is -2.22. The lowest BCUT2D eigenvalue weighted by Crippen LogP contribution is -2.35. The summed E-state index contributed by atoms with van der Waals surface area (Å²) in [5, 5.41) is 0. The summed E-state index contributed by atoms with van der Waals surface area (Å²) < 4.78 is 28.3. The summed E-state index contributed by atoms with van der Waals surface area (Å²) >= 11 is 0. The van der Waals surface area contributed by atoms with E-state index >= 15 is 0 Å². The van der Waals surface area contributed by atoms with Gasteiger partial charge in [-0.15, -0.1) is 0 Å². The van der Waals surface area contributed by atoms with Crippen molar-refractivity contribution in [1.82, 2.24) is 14.5 Å². The van der Waals surface area contributed by atoms with Crippen LogP contribution in [0.1, 0.15) is 48.0 Å². The van der Waals surface area contributed by atoms with E-state index in [2.05, 4.69) is 21.8 Å². The Morgan fingerprint density at radius 3 is 2.45 bits per heavy atom. The van der Waals surface area contributed by atoms with Crippen molar-refractivity contribution < 1.29 is 13.2 Å². The molecular formula is C24H31N3O3S. The van der Waals surface area contributed by atoms with Crippen molar-refractivity contribution in [2.24, 2.45) is 0 Å². The van der Waals surface area contributed by atoms with Gasteiger partial charge in [0, 0.05) is 44.3 Å². The Kier molecular flexibility index (Phi) is 7.05. The maximum absolute atomic E-state index is 13.1. The SMILES string of the molecule is O=C(c1cccc(S(=O)(=O)NC2CCCC2)c1)N1CCCN(Cc2ccccc2)CC1. The molecule has 1 saturated carbocycles. The predicted molar refractivity (Wildman–Crippen MR) is 121 cm³/mol. The lowest BCUT2D eigenvalue weighted by molar-refractivity contribution is 0.0761. The Labute approximate surface area is 185 Å². The smallest absolute Gasteiger partial charge is 0.253 e. The minimum atomic E-state index is -3.61. The zero-order valence-electron chi connectivity index (χ0n) is 17.9. The van der Waals surface area contributed by atoms with Crippen LogP contribution in [0.5, 0.6) is 0 Å². The molecule has 2 fully saturated rings. The monoisotopic (exact) mass is 441 g/mol. The minimum absolute atomic E-state index is 0.00515. The van der Waals surface area contributed by atoms with Crippen LogP contribution in [-0.4, -0.2) is 56.3 Å². The molecule has 0 aromatic heterocycles. The molecule has 2 aromatic rings. The fourth-order valence-electron chi connectivity index (χ4n) is 4.48.